The highest BCUT2D eigenvalue weighted by Crippen LogP contribution is 2.27. The molecule has 0 radical (unpaired) electrons. The van der Waals surface area contributed by atoms with Crippen molar-refractivity contribution in [3.05, 3.63) is 35.9 Å². The van der Waals surface area contributed by atoms with E-state index >= 15 is 0 Å². The van der Waals surface area contributed by atoms with E-state index < -0.39 is 0 Å². The third kappa shape index (κ3) is 3.92. The fourth-order valence-electron chi connectivity index (χ4n) is 1.26. The number of halogens is 1. The molecule has 0 heterocycles. The van der Waals surface area contributed by atoms with Crippen LogP contribution >= 0.6 is 15.9 Å². The molecular weight excluding hydrogens is 228 g/mol. The first kappa shape index (κ1) is 10.7. The molecule has 0 saturated carbocycles. The average Bonchev–Trinajstić information content (AvgIpc) is 2.19. The summed E-state index contributed by atoms with van der Waals surface area (Å²) in [7, 11) is 0. The van der Waals surface area contributed by atoms with Crippen molar-refractivity contribution in [2.24, 2.45) is 0 Å². The van der Waals surface area contributed by atoms with Crippen LogP contribution in [0.15, 0.2) is 30.3 Å². The topological polar surface area (TPSA) is 20.2 Å². The third-order valence-electron chi connectivity index (χ3n) is 2.03. The molecule has 1 rings (SSSR count). The van der Waals surface area contributed by atoms with Crippen molar-refractivity contribution in [2.75, 3.05) is 6.61 Å². The van der Waals surface area contributed by atoms with E-state index in [-0.39, 0.29) is 0 Å². The Morgan fingerprint density at radius 1 is 1.15 bits per heavy atom. The van der Waals surface area contributed by atoms with E-state index in [2.05, 4.69) is 40.2 Å². The molecular formula is C11H15BrO. The number of hydrogen-bond donors (Lipinski definition) is 1. The monoisotopic (exact) mass is 242 g/mol. The number of rotatable bonds is 5. The van der Waals surface area contributed by atoms with Crippen molar-refractivity contribution in [1.29, 1.82) is 0 Å². The van der Waals surface area contributed by atoms with E-state index in [9.17, 15) is 0 Å². The molecule has 0 spiro atoms. The SMILES string of the molecule is OCCCCC(Br)c1ccccc1. The molecule has 1 aromatic carbocycles. The van der Waals surface area contributed by atoms with Crippen molar-refractivity contribution in [3.63, 3.8) is 0 Å². The molecule has 0 bridgehead atoms. The highest BCUT2D eigenvalue weighted by atomic mass is 79.9. The van der Waals surface area contributed by atoms with Crippen LogP contribution in [-0.4, -0.2) is 11.7 Å². The largest absolute Gasteiger partial charge is 0.396 e. The number of alkyl halides is 1. The summed E-state index contributed by atoms with van der Waals surface area (Å²) in [6.07, 6.45) is 3.06. The Morgan fingerprint density at radius 3 is 2.46 bits per heavy atom. The summed E-state index contributed by atoms with van der Waals surface area (Å²) in [6.45, 7) is 0.300. The standard InChI is InChI=1S/C11H15BrO/c12-11(8-4-5-9-13)10-6-2-1-3-7-10/h1-3,6-7,11,13H,4-5,8-9H2. The zero-order valence-corrected chi connectivity index (χ0v) is 9.20. The zero-order valence-electron chi connectivity index (χ0n) is 7.62. The van der Waals surface area contributed by atoms with Crippen LogP contribution in [-0.2, 0) is 0 Å². The molecule has 13 heavy (non-hydrogen) atoms. The molecule has 0 aliphatic heterocycles. The zero-order chi connectivity index (χ0) is 9.52. The van der Waals surface area contributed by atoms with E-state index in [0.717, 1.165) is 19.3 Å². The van der Waals surface area contributed by atoms with Gasteiger partial charge in [0.1, 0.15) is 0 Å². The maximum Gasteiger partial charge on any atom is 0.0431 e. The number of aliphatic hydroxyl groups excluding tert-OH is 1. The highest BCUT2D eigenvalue weighted by Gasteiger charge is 2.05. The van der Waals surface area contributed by atoms with E-state index in [0.29, 0.717) is 11.4 Å². The van der Waals surface area contributed by atoms with Crippen LogP contribution in [0.4, 0.5) is 0 Å². The lowest BCUT2D eigenvalue weighted by Crippen LogP contribution is -1.91. The fourth-order valence-corrected chi connectivity index (χ4v) is 1.89. The Kier molecular flexibility index (Phi) is 5.09. The normalized spacial score (nSPS) is 12.8. The van der Waals surface area contributed by atoms with Gasteiger partial charge in [0.2, 0.25) is 0 Å². The molecule has 0 aliphatic rings. The number of hydrogen-bond acceptors (Lipinski definition) is 1. The van der Waals surface area contributed by atoms with Gasteiger partial charge in [-0.15, -0.1) is 0 Å². The predicted molar refractivity (Wildman–Crippen MR) is 59.0 cm³/mol. The van der Waals surface area contributed by atoms with Crippen molar-refractivity contribution in [2.45, 2.75) is 24.1 Å². The molecule has 2 heteroatoms. The van der Waals surface area contributed by atoms with Gasteiger partial charge in [0.05, 0.1) is 0 Å². The lowest BCUT2D eigenvalue weighted by molar-refractivity contribution is 0.283. The third-order valence-corrected chi connectivity index (χ3v) is 3.01. The van der Waals surface area contributed by atoms with Gasteiger partial charge in [0.15, 0.2) is 0 Å². The summed E-state index contributed by atoms with van der Waals surface area (Å²) in [4.78, 5) is 0.431. The van der Waals surface area contributed by atoms with E-state index in [1.54, 1.807) is 0 Å². The maximum absolute atomic E-state index is 8.63. The molecule has 0 saturated heterocycles. The van der Waals surface area contributed by atoms with E-state index in [1.807, 2.05) is 6.07 Å². The van der Waals surface area contributed by atoms with Crippen molar-refractivity contribution >= 4 is 15.9 Å². The molecule has 1 aromatic rings. The number of unbranched alkanes of at least 4 members (excludes halogenated alkanes) is 1. The van der Waals surface area contributed by atoms with Gasteiger partial charge in [0.25, 0.3) is 0 Å². The Hall–Kier alpha value is -0.340. The van der Waals surface area contributed by atoms with Crippen molar-refractivity contribution < 1.29 is 5.11 Å². The van der Waals surface area contributed by atoms with Crippen molar-refractivity contribution in [3.8, 4) is 0 Å². The van der Waals surface area contributed by atoms with E-state index in [4.69, 9.17) is 5.11 Å². The molecule has 1 atom stereocenters. The average molecular weight is 243 g/mol. The minimum Gasteiger partial charge on any atom is -0.396 e. The molecule has 1 unspecified atom stereocenters. The first-order chi connectivity index (χ1) is 6.34. The molecule has 0 aliphatic carbocycles. The van der Waals surface area contributed by atoms with Crippen molar-refractivity contribution in [1.82, 2.24) is 0 Å². The minimum atomic E-state index is 0.300. The Morgan fingerprint density at radius 2 is 1.85 bits per heavy atom. The molecule has 0 aromatic heterocycles. The van der Waals surface area contributed by atoms with Gasteiger partial charge in [0, 0.05) is 11.4 Å². The minimum absolute atomic E-state index is 0.300. The summed E-state index contributed by atoms with van der Waals surface area (Å²) >= 11 is 3.63. The van der Waals surface area contributed by atoms with Gasteiger partial charge in [-0.05, 0) is 24.8 Å². The van der Waals surface area contributed by atoms with Gasteiger partial charge in [-0.3, -0.25) is 0 Å². The summed E-state index contributed by atoms with van der Waals surface area (Å²) in [6, 6.07) is 10.4. The maximum atomic E-state index is 8.63. The summed E-state index contributed by atoms with van der Waals surface area (Å²) < 4.78 is 0. The molecule has 1 nitrogen and oxygen atoms in total. The Bertz CT molecular complexity index is 223. The summed E-state index contributed by atoms with van der Waals surface area (Å²) in [5, 5.41) is 8.63. The second-order valence-electron chi connectivity index (χ2n) is 3.10. The van der Waals surface area contributed by atoms with Gasteiger partial charge in [-0.1, -0.05) is 46.3 Å². The first-order valence-electron chi connectivity index (χ1n) is 4.64. The summed E-state index contributed by atoms with van der Waals surface area (Å²) in [5.74, 6) is 0. The Labute approximate surface area is 87.9 Å². The lowest BCUT2D eigenvalue weighted by Gasteiger charge is -2.08. The van der Waals surface area contributed by atoms with Crippen LogP contribution < -0.4 is 0 Å². The molecule has 0 amide bonds. The quantitative estimate of drug-likeness (QED) is 0.621. The highest BCUT2D eigenvalue weighted by molar-refractivity contribution is 9.09. The first-order valence-corrected chi connectivity index (χ1v) is 5.56. The summed E-state index contributed by atoms with van der Waals surface area (Å²) in [5.41, 5.74) is 1.32. The second-order valence-corrected chi connectivity index (χ2v) is 4.20. The second kappa shape index (κ2) is 6.17. The fraction of sp³-hybridized carbons (Fsp3) is 0.455. The van der Waals surface area contributed by atoms with Crippen LogP contribution in [0.1, 0.15) is 29.7 Å². The molecule has 0 fully saturated rings. The lowest BCUT2D eigenvalue weighted by atomic mass is 10.1. The smallest absolute Gasteiger partial charge is 0.0431 e. The van der Waals surface area contributed by atoms with E-state index in [1.165, 1.54) is 5.56 Å². The van der Waals surface area contributed by atoms with Crippen LogP contribution in [0.5, 0.6) is 0 Å². The van der Waals surface area contributed by atoms with Crippen LogP contribution in [0.3, 0.4) is 0 Å². The number of benzene rings is 1. The van der Waals surface area contributed by atoms with Gasteiger partial charge < -0.3 is 5.11 Å². The van der Waals surface area contributed by atoms with Crippen LogP contribution in [0.2, 0.25) is 0 Å². The van der Waals surface area contributed by atoms with Crippen LogP contribution in [0, 0.1) is 0 Å². The van der Waals surface area contributed by atoms with Gasteiger partial charge in [-0.25, -0.2) is 0 Å². The van der Waals surface area contributed by atoms with Crippen LogP contribution in [0.25, 0.3) is 0 Å². The molecule has 72 valence electrons. The van der Waals surface area contributed by atoms with Gasteiger partial charge in [-0.2, -0.15) is 0 Å². The predicted octanol–water partition coefficient (Wildman–Crippen LogP) is 3.29. The van der Waals surface area contributed by atoms with Gasteiger partial charge >= 0.3 is 0 Å². The Balaban J connectivity index is 2.35. The molecule has 1 N–H and O–H groups in total. The number of aliphatic hydroxyl groups is 1.